The monoisotopic (exact) mass is 249 g/mol. The van der Waals surface area contributed by atoms with Crippen LogP contribution in [-0.2, 0) is 6.54 Å². The number of hydrogen-bond acceptors (Lipinski definition) is 5. The van der Waals surface area contributed by atoms with Crippen LogP contribution in [0, 0.1) is 0 Å². The van der Waals surface area contributed by atoms with Crippen molar-refractivity contribution in [1.29, 1.82) is 0 Å². The maximum absolute atomic E-state index is 5.61. The van der Waals surface area contributed by atoms with E-state index in [0.717, 1.165) is 22.9 Å². The van der Waals surface area contributed by atoms with Crippen molar-refractivity contribution in [2.24, 2.45) is 0 Å². The third-order valence-electron chi connectivity index (χ3n) is 2.46. The third kappa shape index (κ3) is 2.68. The van der Waals surface area contributed by atoms with Crippen LogP contribution in [-0.4, -0.2) is 19.1 Å². The molecule has 90 valence electrons. The zero-order valence-corrected chi connectivity index (χ0v) is 10.7. The standard InChI is InChI=1S/C12H15N3OS/c1-15(8-9-7-14-12(13)17-9)10-5-3-4-6-11(10)16-2/h3-7H,8H2,1-2H3,(H2,13,14). The van der Waals surface area contributed by atoms with Gasteiger partial charge in [0.2, 0.25) is 0 Å². The van der Waals surface area contributed by atoms with Crippen LogP contribution in [0.5, 0.6) is 5.75 Å². The number of nitrogens with two attached hydrogens (primary N) is 1. The highest BCUT2D eigenvalue weighted by Crippen LogP contribution is 2.28. The Labute approximate surface area is 105 Å². The molecule has 0 saturated heterocycles. The molecular weight excluding hydrogens is 234 g/mol. The lowest BCUT2D eigenvalue weighted by molar-refractivity contribution is 0.415. The summed E-state index contributed by atoms with van der Waals surface area (Å²) in [4.78, 5) is 7.30. The van der Waals surface area contributed by atoms with Gasteiger partial charge in [0.25, 0.3) is 0 Å². The lowest BCUT2D eigenvalue weighted by Gasteiger charge is -2.20. The molecule has 1 heterocycles. The minimum absolute atomic E-state index is 0.605. The van der Waals surface area contributed by atoms with Gasteiger partial charge in [0, 0.05) is 18.1 Å². The van der Waals surface area contributed by atoms with E-state index in [4.69, 9.17) is 10.5 Å². The summed E-state index contributed by atoms with van der Waals surface area (Å²) in [6.45, 7) is 0.773. The number of benzene rings is 1. The first-order valence-corrected chi connectivity index (χ1v) is 6.06. The predicted octanol–water partition coefficient (Wildman–Crippen LogP) is 2.37. The van der Waals surface area contributed by atoms with Gasteiger partial charge in [-0.05, 0) is 12.1 Å². The average Bonchev–Trinajstić information content (AvgIpc) is 2.74. The maximum Gasteiger partial charge on any atom is 0.180 e. The van der Waals surface area contributed by atoms with Crippen LogP contribution < -0.4 is 15.4 Å². The van der Waals surface area contributed by atoms with Crippen LogP contribution >= 0.6 is 11.3 Å². The molecule has 2 rings (SSSR count). The van der Waals surface area contributed by atoms with Crippen molar-refractivity contribution < 1.29 is 4.74 Å². The summed E-state index contributed by atoms with van der Waals surface area (Å²) in [6, 6.07) is 7.94. The first-order valence-electron chi connectivity index (χ1n) is 5.25. The molecule has 1 aromatic carbocycles. The Balaban J connectivity index is 2.16. The Morgan fingerprint density at radius 1 is 1.41 bits per heavy atom. The molecule has 0 atom stereocenters. The van der Waals surface area contributed by atoms with E-state index in [1.807, 2.05) is 37.5 Å². The smallest absolute Gasteiger partial charge is 0.180 e. The van der Waals surface area contributed by atoms with Crippen LogP contribution in [0.15, 0.2) is 30.5 Å². The molecule has 0 saturated carbocycles. The van der Waals surface area contributed by atoms with Crippen molar-refractivity contribution >= 4 is 22.2 Å². The summed E-state index contributed by atoms with van der Waals surface area (Å²) >= 11 is 1.51. The zero-order chi connectivity index (χ0) is 12.3. The van der Waals surface area contributed by atoms with E-state index in [1.165, 1.54) is 11.3 Å². The fourth-order valence-electron chi connectivity index (χ4n) is 1.66. The topological polar surface area (TPSA) is 51.4 Å². The van der Waals surface area contributed by atoms with E-state index in [9.17, 15) is 0 Å². The van der Waals surface area contributed by atoms with Gasteiger partial charge in [-0.1, -0.05) is 12.1 Å². The number of nitrogen functional groups attached to an aromatic ring is 1. The first-order chi connectivity index (χ1) is 8.20. The van der Waals surface area contributed by atoms with Gasteiger partial charge in [-0.25, -0.2) is 4.98 Å². The normalized spacial score (nSPS) is 10.2. The summed E-state index contributed by atoms with van der Waals surface area (Å²) in [5.41, 5.74) is 6.67. The van der Waals surface area contributed by atoms with Crippen LogP contribution in [0.25, 0.3) is 0 Å². The molecule has 4 nitrogen and oxygen atoms in total. The lowest BCUT2D eigenvalue weighted by Crippen LogP contribution is -2.16. The van der Waals surface area contributed by atoms with E-state index < -0.39 is 0 Å². The van der Waals surface area contributed by atoms with Crippen molar-refractivity contribution in [2.75, 3.05) is 24.8 Å². The molecule has 2 N–H and O–H groups in total. The molecule has 0 aliphatic carbocycles. The fourth-order valence-corrected chi connectivity index (χ4v) is 2.40. The molecule has 17 heavy (non-hydrogen) atoms. The summed E-state index contributed by atoms with van der Waals surface area (Å²) in [5, 5.41) is 0.605. The molecule has 1 aromatic heterocycles. The second-order valence-electron chi connectivity index (χ2n) is 3.69. The molecule has 0 radical (unpaired) electrons. The van der Waals surface area contributed by atoms with E-state index >= 15 is 0 Å². The Morgan fingerprint density at radius 3 is 2.82 bits per heavy atom. The van der Waals surface area contributed by atoms with Gasteiger partial charge < -0.3 is 15.4 Å². The number of aromatic nitrogens is 1. The molecule has 0 unspecified atom stereocenters. The summed E-state index contributed by atoms with van der Waals surface area (Å²) in [6.07, 6.45) is 1.81. The van der Waals surface area contributed by atoms with Gasteiger partial charge in [-0.15, -0.1) is 11.3 Å². The number of methoxy groups -OCH3 is 1. The number of rotatable bonds is 4. The third-order valence-corrected chi connectivity index (χ3v) is 3.27. The number of ether oxygens (including phenoxy) is 1. The zero-order valence-electron chi connectivity index (χ0n) is 9.88. The van der Waals surface area contributed by atoms with Gasteiger partial charge in [-0.2, -0.15) is 0 Å². The predicted molar refractivity (Wildman–Crippen MR) is 71.6 cm³/mol. The van der Waals surface area contributed by atoms with Crippen molar-refractivity contribution in [1.82, 2.24) is 4.98 Å². The molecule has 0 bridgehead atoms. The van der Waals surface area contributed by atoms with Gasteiger partial charge in [-0.3, -0.25) is 0 Å². The Hall–Kier alpha value is -1.75. The Morgan fingerprint density at radius 2 is 2.18 bits per heavy atom. The number of para-hydroxylation sites is 2. The minimum Gasteiger partial charge on any atom is -0.495 e. The minimum atomic E-state index is 0.605. The maximum atomic E-state index is 5.61. The Kier molecular flexibility index (Phi) is 3.49. The van der Waals surface area contributed by atoms with Crippen molar-refractivity contribution in [3.8, 4) is 5.75 Å². The largest absolute Gasteiger partial charge is 0.495 e. The van der Waals surface area contributed by atoms with Crippen LogP contribution in [0.3, 0.4) is 0 Å². The van der Waals surface area contributed by atoms with Crippen LogP contribution in [0.2, 0.25) is 0 Å². The molecule has 0 spiro atoms. The molecule has 5 heteroatoms. The van der Waals surface area contributed by atoms with Crippen LogP contribution in [0.1, 0.15) is 4.88 Å². The van der Waals surface area contributed by atoms with Crippen molar-refractivity contribution in [3.63, 3.8) is 0 Å². The lowest BCUT2D eigenvalue weighted by atomic mass is 10.2. The number of nitrogens with zero attached hydrogens (tertiary/aromatic N) is 2. The number of hydrogen-bond donors (Lipinski definition) is 1. The van der Waals surface area contributed by atoms with E-state index in [0.29, 0.717) is 5.13 Å². The number of anilines is 2. The van der Waals surface area contributed by atoms with Gasteiger partial charge in [0.15, 0.2) is 5.13 Å². The second kappa shape index (κ2) is 5.05. The van der Waals surface area contributed by atoms with Crippen molar-refractivity contribution in [3.05, 3.63) is 35.3 Å². The molecule has 0 aliphatic rings. The SMILES string of the molecule is COc1ccccc1N(C)Cc1cnc(N)s1. The summed E-state index contributed by atoms with van der Waals surface area (Å²) in [7, 11) is 3.70. The molecular formula is C12H15N3OS. The second-order valence-corrected chi connectivity index (χ2v) is 4.84. The van der Waals surface area contributed by atoms with Gasteiger partial charge in [0.05, 0.1) is 19.3 Å². The fraction of sp³-hybridized carbons (Fsp3) is 0.250. The number of thiazole rings is 1. The van der Waals surface area contributed by atoms with E-state index in [2.05, 4.69) is 9.88 Å². The highest BCUT2D eigenvalue weighted by molar-refractivity contribution is 7.15. The van der Waals surface area contributed by atoms with Gasteiger partial charge in [0.1, 0.15) is 5.75 Å². The highest BCUT2D eigenvalue weighted by atomic mass is 32.1. The summed E-state index contributed by atoms with van der Waals surface area (Å²) in [5.74, 6) is 0.868. The Bertz CT molecular complexity index is 498. The van der Waals surface area contributed by atoms with E-state index in [1.54, 1.807) is 7.11 Å². The molecule has 2 aromatic rings. The average molecular weight is 249 g/mol. The van der Waals surface area contributed by atoms with Crippen molar-refractivity contribution in [2.45, 2.75) is 6.54 Å². The van der Waals surface area contributed by atoms with Crippen LogP contribution in [0.4, 0.5) is 10.8 Å². The quantitative estimate of drug-likeness (QED) is 0.903. The molecule has 0 amide bonds. The molecule has 0 aliphatic heterocycles. The van der Waals surface area contributed by atoms with E-state index in [-0.39, 0.29) is 0 Å². The molecule has 0 fully saturated rings. The summed E-state index contributed by atoms with van der Waals surface area (Å²) < 4.78 is 5.33. The highest BCUT2D eigenvalue weighted by Gasteiger charge is 2.09. The van der Waals surface area contributed by atoms with Gasteiger partial charge >= 0.3 is 0 Å². The first kappa shape index (κ1) is 11.7.